The third kappa shape index (κ3) is 4.36. The van der Waals surface area contributed by atoms with Crippen molar-refractivity contribution in [2.24, 2.45) is 0 Å². The van der Waals surface area contributed by atoms with Crippen LogP contribution in [0.5, 0.6) is 0 Å². The number of nitrogens with zero attached hydrogens (tertiary/aromatic N) is 3. The summed E-state index contributed by atoms with van der Waals surface area (Å²) < 4.78 is 5.30. The van der Waals surface area contributed by atoms with E-state index in [1.165, 1.54) is 11.8 Å². The maximum atomic E-state index is 9.16. The van der Waals surface area contributed by atoms with Crippen molar-refractivity contribution in [2.45, 2.75) is 50.1 Å². The number of hydrogen-bond acceptors (Lipinski definition) is 6. The van der Waals surface area contributed by atoms with E-state index in [4.69, 9.17) is 9.68 Å². The lowest BCUT2D eigenvalue weighted by molar-refractivity contribution is 0.417. The molecule has 1 aromatic rings. The zero-order valence-corrected chi connectivity index (χ0v) is 11.5. The minimum atomic E-state index is -0.504. The molecule has 0 radical (unpaired) electrons. The highest BCUT2D eigenvalue weighted by atomic mass is 32.2. The largest absolute Gasteiger partial charge is 0.416 e. The lowest BCUT2D eigenvalue weighted by Gasteiger charge is -2.25. The second kappa shape index (κ2) is 6.03. The van der Waals surface area contributed by atoms with Crippen molar-refractivity contribution in [2.75, 3.05) is 6.54 Å². The average molecular weight is 254 g/mol. The van der Waals surface area contributed by atoms with Gasteiger partial charge in [-0.25, -0.2) is 0 Å². The topological polar surface area (TPSA) is 74.7 Å². The number of hydrogen-bond donors (Lipinski definition) is 1. The highest BCUT2D eigenvalue weighted by Gasteiger charge is 2.26. The Morgan fingerprint density at radius 1 is 1.59 bits per heavy atom. The van der Waals surface area contributed by atoms with E-state index in [0.717, 1.165) is 13.0 Å². The molecule has 0 saturated carbocycles. The molecule has 1 heterocycles. The van der Waals surface area contributed by atoms with Gasteiger partial charge in [-0.05, 0) is 19.9 Å². The Bertz CT molecular complexity index is 400. The van der Waals surface area contributed by atoms with Crippen LogP contribution in [0.25, 0.3) is 0 Å². The van der Waals surface area contributed by atoms with Crippen molar-refractivity contribution in [3.63, 3.8) is 0 Å². The summed E-state index contributed by atoms with van der Waals surface area (Å²) in [6.07, 6.45) is 0.726. The fourth-order valence-electron chi connectivity index (χ4n) is 1.66. The molecular weight excluding hydrogens is 236 g/mol. The molecular formula is C11H18N4OS. The number of nitrogens with one attached hydrogen (secondary N) is 1. The molecule has 0 spiro atoms. The number of aromatic nitrogens is 2. The Morgan fingerprint density at radius 3 is 2.76 bits per heavy atom. The van der Waals surface area contributed by atoms with Gasteiger partial charge in [0.15, 0.2) is 0 Å². The van der Waals surface area contributed by atoms with E-state index < -0.39 is 5.54 Å². The quantitative estimate of drug-likeness (QED) is 0.784. The summed E-state index contributed by atoms with van der Waals surface area (Å²) in [5, 5.41) is 20.9. The maximum absolute atomic E-state index is 9.16. The van der Waals surface area contributed by atoms with Crippen molar-refractivity contribution >= 4 is 11.8 Å². The van der Waals surface area contributed by atoms with Crippen molar-refractivity contribution in [1.82, 2.24) is 15.5 Å². The van der Waals surface area contributed by atoms with Crippen molar-refractivity contribution in [3.8, 4) is 6.07 Å². The lowest BCUT2D eigenvalue weighted by atomic mass is 9.98. The SMILES string of the molecule is CCNC(C)(C#N)CC(C)Sc1nnc(C)o1. The zero-order valence-electron chi connectivity index (χ0n) is 10.6. The fourth-order valence-corrected chi connectivity index (χ4v) is 2.68. The number of nitriles is 1. The van der Waals surface area contributed by atoms with Crippen LogP contribution in [0.1, 0.15) is 33.1 Å². The third-order valence-electron chi connectivity index (χ3n) is 2.32. The minimum Gasteiger partial charge on any atom is -0.416 e. The highest BCUT2D eigenvalue weighted by Crippen LogP contribution is 2.27. The van der Waals surface area contributed by atoms with E-state index in [9.17, 15) is 0 Å². The van der Waals surface area contributed by atoms with Crippen LogP contribution < -0.4 is 5.32 Å². The van der Waals surface area contributed by atoms with Gasteiger partial charge in [-0.1, -0.05) is 25.6 Å². The molecule has 1 N–H and O–H groups in total. The predicted molar refractivity (Wildman–Crippen MR) is 66.7 cm³/mol. The van der Waals surface area contributed by atoms with Crippen LogP contribution >= 0.6 is 11.8 Å². The molecule has 17 heavy (non-hydrogen) atoms. The number of rotatable bonds is 6. The molecule has 0 saturated heterocycles. The Labute approximate surface area is 106 Å². The molecule has 2 unspecified atom stereocenters. The monoisotopic (exact) mass is 254 g/mol. The zero-order chi connectivity index (χ0) is 12.9. The van der Waals surface area contributed by atoms with Crippen molar-refractivity contribution in [1.29, 1.82) is 5.26 Å². The van der Waals surface area contributed by atoms with E-state index in [-0.39, 0.29) is 5.25 Å². The molecule has 0 bridgehead atoms. The highest BCUT2D eigenvalue weighted by molar-refractivity contribution is 7.99. The molecule has 0 fully saturated rings. The van der Waals surface area contributed by atoms with Gasteiger partial charge < -0.3 is 4.42 Å². The summed E-state index contributed by atoms with van der Waals surface area (Å²) in [5.41, 5.74) is -0.504. The number of aryl methyl sites for hydroxylation is 1. The summed E-state index contributed by atoms with van der Waals surface area (Å²) in [6.45, 7) is 8.50. The molecule has 6 heteroatoms. The molecule has 0 aliphatic rings. The van der Waals surface area contributed by atoms with Gasteiger partial charge in [0.25, 0.3) is 5.22 Å². The summed E-state index contributed by atoms with van der Waals surface area (Å²) in [4.78, 5) is 0. The summed E-state index contributed by atoms with van der Waals surface area (Å²) in [7, 11) is 0. The maximum Gasteiger partial charge on any atom is 0.276 e. The molecule has 2 atom stereocenters. The van der Waals surface area contributed by atoms with E-state index >= 15 is 0 Å². The first-order valence-corrected chi connectivity index (χ1v) is 6.50. The van der Waals surface area contributed by atoms with E-state index in [0.29, 0.717) is 11.1 Å². The molecule has 0 aromatic carbocycles. The van der Waals surface area contributed by atoms with Gasteiger partial charge in [-0.2, -0.15) is 5.26 Å². The van der Waals surface area contributed by atoms with Crippen LogP contribution in [0.4, 0.5) is 0 Å². The van der Waals surface area contributed by atoms with E-state index in [2.05, 4.69) is 28.5 Å². The number of thioether (sulfide) groups is 1. The molecule has 5 nitrogen and oxygen atoms in total. The summed E-state index contributed by atoms with van der Waals surface area (Å²) >= 11 is 1.50. The second-order valence-electron chi connectivity index (χ2n) is 4.19. The van der Waals surface area contributed by atoms with Gasteiger partial charge in [0.2, 0.25) is 5.89 Å². The van der Waals surface area contributed by atoms with Crippen molar-refractivity contribution in [3.05, 3.63) is 5.89 Å². The predicted octanol–water partition coefficient (Wildman–Crippen LogP) is 2.14. The standard InChI is InChI=1S/C11H18N4OS/c1-5-13-11(4,7-12)6-8(2)17-10-15-14-9(3)16-10/h8,13H,5-6H2,1-4H3. The van der Waals surface area contributed by atoms with Crippen LogP contribution in [0.2, 0.25) is 0 Å². The van der Waals surface area contributed by atoms with Crippen LogP contribution in [0.3, 0.4) is 0 Å². The molecule has 1 rings (SSSR count). The summed E-state index contributed by atoms with van der Waals surface area (Å²) in [6, 6.07) is 2.31. The molecule has 0 amide bonds. The first kappa shape index (κ1) is 14.0. The molecule has 1 aromatic heterocycles. The smallest absolute Gasteiger partial charge is 0.276 e. The van der Waals surface area contributed by atoms with Crippen molar-refractivity contribution < 1.29 is 4.42 Å². The van der Waals surface area contributed by atoms with Gasteiger partial charge in [-0.15, -0.1) is 10.2 Å². The first-order chi connectivity index (χ1) is 7.99. The summed E-state index contributed by atoms with van der Waals surface area (Å²) in [5.74, 6) is 0.564. The van der Waals surface area contributed by atoms with Gasteiger partial charge in [0.05, 0.1) is 6.07 Å². The van der Waals surface area contributed by atoms with Crippen LogP contribution in [0, 0.1) is 18.3 Å². The average Bonchev–Trinajstić information content (AvgIpc) is 2.64. The normalized spacial score (nSPS) is 16.2. The Kier molecular flexibility index (Phi) is 4.97. The third-order valence-corrected chi connectivity index (χ3v) is 3.25. The van der Waals surface area contributed by atoms with Gasteiger partial charge >= 0.3 is 0 Å². The Morgan fingerprint density at radius 2 is 2.29 bits per heavy atom. The molecule has 0 aliphatic heterocycles. The molecule has 94 valence electrons. The van der Waals surface area contributed by atoms with E-state index in [1.807, 2.05) is 13.8 Å². The van der Waals surface area contributed by atoms with Gasteiger partial charge in [0.1, 0.15) is 5.54 Å². The lowest BCUT2D eigenvalue weighted by Crippen LogP contribution is -2.42. The first-order valence-electron chi connectivity index (χ1n) is 5.62. The van der Waals surface area contributed by atoms with Crippen LogP contribution in [-0.4, -0.2) is 27.5 Å². The Balaban J connectivity index is 2.54. The van der Waals surface area contributed by atoms with Gasteiger partial charge in [0, 0.05) is 12.2 Å². The molecule has 0 aliphatic carbocycles. The fraction of sp³-hybridized carbons (Fsp3) is 0.727. The van der Waals surface area contributed by atoms with Crippen LogP contribution in [-0.2, 0) is 0 Å². The Hall–Kier alpha value is -1.06. The van der Waals surface area contributed by atoms with Crippen LogP contribution in [0.15, 0.2) is 9.64 Å². The second-order valence-corrected chi connectivity index (χ2v) is 5.58. The minimum absolute atomic E-state index is 0.235. The van der Waals surface area contributed by atoms with Gasteiger partial charge in [-0.3, -0.25) is 5.32 Å². The van der Waals surface area contributed by atoms with E-state index in [1.54, 1.807) is 6.92 Å².